The molecule has 0 saturated carbocycles. The highest BCUT2D eigenvalue weighted by atomic mass is 14.8. The van der Waals surface area contributed by atoms with E-state index in [-0.39, 0.29) is 0 Å². The molecule has 5 rings (SSSR count). The molecule has 0 N–H and O–H groups in total. The maximum Gasteiger partial charge on any atom is 0.308 e. The highest BCUT2D eigenvalue weighted by molar-refractivity contribution is 5.94. The second-order valence-electron chi connectivity index (χ2n) is 6.48. The van der Waals surface area contributed by atoms with E-state index in [0.29, 0.717) is 0 Å². The van der Waals surface area contributed by atoms with Crippen LogP contribution in [0.15, 0.2) is 91.0 Å². The number of hydrogen-bond donors (Lipinski definition) is 0. The number of benzene rings is 4. The molecule has 0 heterocycles. The average molecular weight is 317 g/mol. The van der Waals surface area contributed by atoms with Gasteiger partial charge in [-0.1, -0.05) is 72.8 Å². The predicted octanol–water partition coefficient (Wildman–Crippen LogP) is 6.03. The smallest absolute Gasteiger partial charge is 0.295 e. The van der Waals surface area contributed by atoms with E-state index in [1.807, 2.05) is 24.3 Å². The zero-order chi connectivity index (χ0) is 16.9. The van der Waals surface area contributed by atoms with Crippen LogP contribution in [0.5, 0.6) is 0 Å². The third kappa shape index (κ3) is 1.77. The lowest BCUT2D eigenvalue weighted by molar-refractivity contribution is 0.799. The van der Waals surface area contributed by atoms with Crippen LogP contribution in [0.3, 0.4) is 0 Å². The van der Waals surface area contributed by atoms with E-state index in [1.54, 1.807) is 0 Å². The summed E-state index contributed by atoms with van der Waals surface area (Å²) >= 11 is 0. The van der Waals surface area contributed by atoms with Crippen molar-refractivity contribution in [1.82, 2.24) is 0 Å². The molecule has 0 bridgehead atoms. The van der Waals surface area contributed by atoms with Gasteiger partial charge in [-0.05, 0) is 40.1 Å². The van der Waals surface area contributed by atoms with Gasteiger partial charge in [0.1, 0.15) is 0 Å². The number of fused-ring (bicyclic) bond motifs is 4. The van der Waals surface area contributed by atoms with Crippen molar-refractivity contribution in [2.45, 2.75) is 5.54 Å². The average Bonchev–Trinajstić information content (AvgIpc) is 2.97. The van der Waals surface area contributed by atoms with Crippen molar-refractivity contribution in [2.75, 3.05) is 0 Å². The van der Waals surface area contributed by atoms with Crippen LogP contribution in [0.2, 0.25) is 0 Å². The zero-order valence-electron chi connectivity index (χ0n) is 13.6. The molecule has 0 saturated heterocycles. The Morgan fingerprint density at radius 1 is 0.600 bits per heavy atom. The first-order valence-electron chi connectivity index (χ1n) is 8.42. The number of hydrogen-bond acceptors (Lipinski definition) is 0. The first-order valence-corrected chi connectivity index (χ1v) is 8.42. The second-order valence-corrected chi connectivity index (χ2v) is 6.48. The molecule has 0 amide bonds. The van der Waals surface area contributed by atoms with Gasteiger partial charge in [-0.15, -0.1) is 0 Å². The summed E-state index contributed by atoms with van der Waals surface area (Å²) in [6, 6.07) is 31.3. The van der Waals surface area contributed by atoms with Gasteiger partial charge in [0.15, 0.2) is 0 Å². The first-order chi connectivity index (χ1) is 12.3. The van der Waals surface area contributed by atoms with Gasteiger partial charge in [0.2, 0.25) is 0 Å². The Kier molecular flexibility index (Phi) is 2.84. The summed E-state index contributed by atoms with van der Waals surface area (Å²) in [6.45, 7) is 8.18. The van der Waals surface area contributed by atoms with Crippen LogP contribution in [0.25, 0.3) is 26.7 Å². The lowest BCUT2D eigenvalue weighted by atomic mass is 9.81. The molecule has 116 valence electrons. The summed E-state index contributed by atoms with van der Waals surface area (Å²) in [6.07, 6.45) is 0. The molecular weight excluding hydrogens is 302 g/mol. The maximum atomic E-state index is 8.18. The van der Waals surface area contributed by atoms with E-state index >= 15 is 0 Å². The molecule has 0 aliphatic heterocycles. The van der Waals surface area contributed by atoms with Crippen molar-refractivity contribution in [3.05, 3.63) is 119 Å². The van der Waals surface area contributed by atoms with Crippen LogP contribution in [0.1, 0.15) is 16.7 Å². The summed E-state index contributed by atoms with van der Waals surface area (Å²) < 4.78 is 0. The van der Waals surface area contributed by atoms with Crippen molar-refractivity contribution in [3.63, 3.8) is 0 Å². The summed E-state index contributed by atoms with van der Waals surface area (Å²) in [5.41, 5.74) is 4.79. The molecule has 0 radical (unpaired) electrons. The Morgan fingerprint density at radius 3 is 2.00 bits per heavy atom. The topological polar surface area (TPSA) is 4.36 Å². The van der Waals surface area contributed by atoms with Crippen molar-refractivity contribution < 1.29 is 0 Å². The number of rotatable bonds is 1. The standard InChI is InChI=1S/C24H15N/c1-25-24(19-11-3-2-4-12-19)22-14-8-7-13-20(22)21-15-17-9-5-6-10-18(17)16-23(21)24/h2-16H. The fourth-order valence-electron chi connectivity index (χ4n) is 4.12. The van der Waals surface area contributed by atoms with Gasteiger partial charge in [0.25, 0.3) is 0 Å². The molecule has 0 spiro atoms. The van der Waals surface area contributed by atoms with Gasteiger partial charge in [-0.2, -0.15) is 0 Å². The van der Waals surface area contributed by atoms with E-state index < -0.39 is 5.54 Å². The van der Waals surface area contributed by atoms with Crippen LogP contribution in [-0.4, -0.2) is 0 Å². The first kappa shape index (κ1) is 14.0. The monoisotopic (exact) mass is 317 g/mol. The Labute approximate surface area is 147 Å². The van der Waals surface area contributed by atoms with Crippen molar-refractivity contribution in [3.8, 4) is 11.1 Å². The lowest BCUT2D eigenvalue weighted by Gasteiger charge is -2.20. The van der Waals surface area contributed by atoms with Gasteiger partial charge in [-0.3, -0.25) is 4.85 Å². The molecule has 25 heavy (non-hydrogen) atoms. The Bertz CT molecular complexity index is 1150. The van der Waals surface area contributed by atoms with Crippen LogP contribution in [-0.2, 0) is 5.54 Å². The molecule has 4 aromatic carbocycles. The Hall–Kier alpha value is -3.37. The quantitative estimate of drug-likeness (QED) is 0.377. The molecule has 1 nitrogen and oxygen atoms in total. The minimum Gasteiger partial charge on any atom is -0.295 e. The van der Waals surface area contributed by atoms with Gasteiger partial charge in [0, 0.05) is 5.56 Å². The zero-order valence-corrected chi connectivity index (χ0v) is 13.6. The maximum absolute atomic E-state index is 8.18. The summed E-state index contributed by atoms with van der Waals surface area (Å²) in [4.78, 5) is 4.23. The van der Waals surface area contributed by atoms with Crippen molar-refractivity contribution in [2.24, 2.45) is 0 Å². The van der Waals surface area contributed by atoms with E-state index in [2.05, 4.69) is 71.6 Å². The van der Waals surface area contributed by atoms with Crippen molar-refractivity contribution in [1.29, 1.82) is 0 Å². The third-order valence-corrected chi connectivity index (χ3v) is 5.24. The van der Waals surface area contributed by atoms with Crippen LogP contribution in [0.4, 0.5) is 0 Å². The molecule has 0 aromatic heterocycles. The van der Waals surface area contributed by atoms with Crippen LogP contribution in [0, 0.1) is 6.57 Å². The molecular formula is C24H15N. The van der Waals surface area contributed by atoms with E-state index in [4.69, 9.17) is 6.57 Å². The minimum atomic E-state index is -0.767. The van der Waals surface area contributed by atoms with E-state index in [0.717, 1.165) is 16.7 Å². The second kappa shape index (κ2) is 5.06. The van der Waals surface area contributed by atoms with Gasteiger partial charge in [-0.25, -0.2) is 6.57 Å². The SMILES string of the molecule is [C-]#[N+]C1(c2ccccc2)c2ccccc2-c2cc3ccccc3cc21. The van der Waals surface area contributed by atoms with Gasteiger partial charge in [0.05, 0.1) is 11.1 Å². The normalized spacial score (nSPS) is 17.7. The van der Waals surface area contributed by atoms with Crippen LogP contribution < -0.4 is 0 Å². The fourth-order valence-corrected chi connectivity index (χ4v) is 4.12. The summed E-state index contributed by atoms with van der Waals surface area (Å²) in [5.74, 6) is 0. The predicted molar refractivity (Wildman–Crippen MR) is 102 cm³/mol. The van der Waals surface area contributed by atoms with E-state index in [1.165, 1.54) is 21.9 Å². The third-order valence-electron chi connectivity index (χ3n) is 5.24. The number of nitrogens with zero attached hydrogens (tertiary/aromatic N) is 1. The Balaban J connectivity index is 1.96. The highest BCUT2D eigenvalue weighted by Gasteiger charge is 2.51. The molecule has 1 heteroatoms. The van der Waals surface area contributed by atoms with Crippen molar-refractivity contribution >= 4 is 10.8 Å². The molecule has 1 aliphatic carbocycles. The van der Waals surface area contributed by atoms with Crippen LogP contribution >= 0.6 is 0 Å². The van der Waals surface area contributed by atoms with E-state index in [9.17, 15) is 0 Å². The Morgan fingerprint density at radius 2 is 1.24 bits per heavy atom. The molecule has 1 atom stereocenters. The molecule has 1 unspecified atom stereocenters. The summed E-state index contributed by atoms with van der Waals surface area (Å²) in [7, 11) is 0. The largest absolute Gasteiger partial charge is 0.308 e. The summed E-state index contributed by atoms with van der Waals surface area (Å²) in [5, 5.41) is 2.39. The van der Waals surface area contributed by atoms with Gasteiger partial charge < -0.3 is 0 Å². The fraction of sp³-hybridized carbons (Fsp3) is 0.0417. The lowest BCUT2D eigenvalue weighted by Crippen LogP contribution is -2.22. The highest BCUT2D eigenvalue weighted by Crippen LogP contribution is 2.54. The molecule has 4 aromatic rings. The van der Waals surface area contributed by atoms with Gasteiger partial charge >= 0.3 is 5.54 Å². The molecule has 0 fully saturated rings. The molecule has 1 aliphatic rings. The minimum absolute atomic E-state index is 0.767.